The molecule has 0 aliphatic rings. The maximum absolute atomic E-state index is 6.04. The lowest BCUT2D eigenvalue weighted by molar-refractivity contribution is 1.05. The van der Waals surface area contributed by atoms with Crippen LogP contribution in [0.5, 0.6) is 0 Å². The van der Waals surface area contributed by atoms with E-state index in [2.05, 4.69) is 15.3 Å². The van der Waals surface area contributed by atoms with Gasteiger partial charge in [0, 0.05) is 40.2 Å². The van der Waals surface area contributed by atoms with Crippen molar-refractivity contribution in [1.29, 1.82) is 0 Å². The quantitative estimate of drug-likeness (QED) is 0.658. The van der Waals surface area contributed by atoms with Crippen molar-refractivity contribution in [3.63, 3.8) is 0 Å². The highest BCUT2D eigenvalue weighted by Gasteiger charge is 2.09. The number of anilines is 4. The maximum atomic E-state index is 6.04. The SMILES string of the molecule is Cc1cc(N(C)c2ccccc2)nc(Nc2cc(Cl)cc(Cl)c2)n1. The average molecular weight is 359 g/mol. The first-order valence-electron chi connectivity index (χ1n) is 7.39. The second kappa shape index (κ2) is 7.07. The summed E-state index contributed by atoms with van der Waals surface area (Å²) >= 11 is 12.1. The normalized spacial score (nSPS) is 10.5. The van der Waals surface area contributed by atoms with E-state index in [1.54, 1.807) is 18.2 Å². The Balaban J connectivity index is 1.91. The van der Waals surface area contributed by atoms with Crippen LogP contribution < -0.4 is 10.2 Å². The molecule has 1 N–H and O–H groups in total. The monoisotopic (exact) mass is 358 g/mol. The second-order valence-corrected chi connectivity index (χ2v) is 6.24. The molecular formula is C18H16Cl2N4. The minimum absolute atomic E-state index is 0.492. The minimum atomic E-state index is 0.492. The number of rotatable bonds is 4. The summed E-state index contributed by atoms with van der Waals surface area (Å²) in [5.74, 6) is 1.29. The van der Waals surface area contributed by atoms with Crippen molar-refractivity contribution in [3.05, 3.63) is 70.3 Å². The highest BCUT2D eigenvalue weighted by atomic mass is 35.5. The van der Waals surface area contributed by atoms with Crippen LogP contribution in [0.4, 0.5) is 23.1 Å². The highest BCUT2D eigenvalue weighted by molar-refractivity contribution is 6.35. The van der Waals surface area contributed by atoms with Crippen molar-refractivity contribution >= 4 is 46.3 Å². The number of halogens is 2. The van der Waals surface area contributed by atoms with Crippen molar-refractivity contribution < 1.29 is 0 Å². The summed E-state index contributed by atoms with van der Waals surface area (Å²) in [6.07, 6.45) is 0. The standard InChI is InChI=1S/C18H16Cl2N4/c1-12-8-17(24(2)16-6-4-3-5-7-16)23-18(21-12)22-15-10-13(19)9-14(20)11-15/h3-11H,1-2H3,(H,21,22,23). The molecule has 122 valence electrons. The Morgan fingerprint density at radius 3 is 2.25 bits per heavy atom. The minimum Gasteiger partial charge on any atom is -0.329 e. The molecule has 3 rings (SSSR count). The molecule has 0 aliphatic heterocycles. The van der Waals surface area contributed by atoms with Gasteiger partial charge in [-0.3, -0.25) is 0 Å². The number of benzene rings is 2. The third-order valence-electron chi connectivity index (χ3n) is 3.45. The molecule has 0 bridgehead atoms. The van der Waals surface area contributed by atoms with Crippen LogP contribution in [-0.2, 0) is 0 Å². The number of aromatic nitrogens is 2. The molecule has 6 heteroatoms. The van der Waals surface area contributed by atoms with E-state index in [1.165, 1.54) is 0 Å². The van der Waals surface area contributed by atoms with Gasteiger partial charge in [-0.15, -0.1) is 0 Å². The summed E-state index contributed by atoms with van der Waals surface area (Å²) in [6.45, 7) is 1.93. The summed E-state index contributed by atoms with van der Waals surface area (Å²) < 4.78 is 0. The fourth-order valence-electron chi connectivity index (χ4n) is 2.32. The molecule has 0 fully saturated rings. The zero-order valence-electron chi connectivity index (χ0n) is 13.3. The molecule has 4 nitrogen and oxygen atoms in total. The van der Waals surface area contributed by atoms with Gasteiger partial charge in [0.05, 0.1) is 0 Å². The summed E-state index contributed by atoms with van der Waals surface area (Å²) in [5, 5.41) is 4.27. The van der Waals surface area contributed by atoms with E-state index < -0.39 is 0 Å². The topological polar surface area (TPSA) is 41.1 Å². The lowest BCUT2D eigenvalue weighted by atomic mass is 10.3. The lowest BCUT2D eigenvalue weighted by Crippen LogP contribution is -2.13. The van der Waals surface area contributed by atoms with Gasteiger partial charge in [-0.1, -0.05) is 41.4 Å². The van der Waals surface area contributed by atoms with Crippen LogP contribution >= 0.6 is 23.2 Å². The zero-order chi connectivity index (χ0) is 17.1. The van der Waals surface area contributed by atoms with Crippen LogP contribution in [-0.4, -0.2) is 17.0 Å². The Kier molecular flexibility index (Phi) is 4.88. The van der Waals surface area contributed by atoms with E-state index in [4.69, 9.17) is 23.2 Å². The Bertz CT molecular complexity index is 833. The van der Waals surface area contributed by atoms with Crippen molar-refractivity contribution in [3.8, 4) is 0 Å². The van der Waals surface area contributed by atoms with E-state index in [0.29, 0.717) is 16.0 Å². The van der Waals surface area contributed by atoms with Crippen molar-refractivity contribution in [2.45, 2.75) is 6.92 Å². The van der Waals surface area contributed by atoms with Crippen LogP contribution in [0.3, 0.4) is 0 Å². The maximum Gasteiger partial charge on any atom is 0.229 e. The van der Waals surface area contributed by atoms with Crippen molar-refractivity contribution in [2.24, 2.45) is 0 Å². The molecule has 0 unspecified atom stereocenters. The predicted octanol–water partition coefficient (Wildman–Crippen LogP) is 5.60. The number of aryl methyl sites for hydroxylation is 1. The molecule has 0 atom stereocenters. The Labute approximate surface area is 151 Å². The van der Waals surface area contributed by atoms with Gasteiger partial charge in [-0.25, -0.2) is 4.98 Å². The molecule has 3 aromatic rings. The zero-order valence-corrected chi connectivity index (χ0v) is 14.8. The third kappa shape index (κ3) is 3.96. The summed E-state index contributed by atoms with van der Waals surface area (Å²) in [7, 11) is 1.97. The van der Waals surface area contributed by atoms with Crippen molar-refractivity contribution in [2.75, 3.05) is 17.3 Å². The van der Waals surface area contributed by atoms with Crippen LogP contribution in [0.2, 0.25) is 10.0 Å². The predicted molar refractivity (Wildman–Crippen MR) is 101 cm³/mol. The molecule has 24 heavy (non-hydrogen) atoms. The molecule has 0 saturated heterocycles. The van der Waals surface area contributed by atoms with Crippen LogP contribution in [0.15, 0.2) is 54.6 Å². The molecule has 0 radical (unpaired) electrons. The molecular weight excluding hydrogens is 343 g/mol. The third-order valence-corrected chi connectivity index (χ3v) is 3.88. The van der Waals surface area contributed by atoms with Gasteiger partial charge in [0.1, 0.15) is 5.82 Å². The molecule has 0 amide bonds. The number of para-hydroxylation sites is 1. The Morgan fingerprint density at radius 1 is 0.917 bits per heavy atom. The summed E-state index contributed by atoms with van der Waals surface area (Å²) in [5.41, 5.74) is 2.65. The fraction of sp³-hybridized carbons (Fsp3) is 0.111. The first-order chi connectivity index (χ1) is 11.5. The fourth-order valence-corrected chi connectivity index (χ4v) is 2.84. The Hall–Kier alpha value is -2.30. The van der Waals surface area contributed by atoms with Gasteiger partial charge < -0.3 is 10.2 Å². The Morgan fingerprint density at radius 2 is 1.58 bits per heavy atom. The van der Waals surface area contributed by atoms with Crippen LogP contribution in [0, 0.1) is 6.92 Å². The number of hydrogen-bond donors (Lipinski definition) is 1. The summed E-state index contributed by atoms with van der Waals surface area (Å²) in [4.78, 5) is 11.0. The van der Waals surface area contributed by atoms with Gasteiger partial charge in [0.15, 0.2) is 0 Å². The molecule has 1 aromatic heterocycles. The van der Waals surface area contributed by atoms with E-state index in [0.717, 1.165) is 22.9 Å². The molecule has 0 saturated carbocycles. The molecule has 0 aliphatic carbocycles. The van der Waals surface area contributed by atoms with Gasteiger partial charge in [0.25, 0.3) is 0 Å². The first kappa shape index (κ1) is 16.6. The highest BCUT2D eigenvalue weighted by Crippen LogP contribution is 2.26. The number of hydrogen-bond acceptors (Lipinski definition) is 4. The summed E-state index contributed by atoms with van der Waals surface area (Å²) in [6, 6.07) is 17.2. The van der Waals surface area contributed by atoms with E-state index in [9.17, 15) is 0 Å². The van der Waals surface area contributed by atoms with Crippen molar-refractivity contribution in [1.82, 2.24) is 9.97 Å². The van der Waals surface area contributed by atoms with E-state index in [1.807, 2.05) is 55.3 Å². The van der Waals surface area contributed by atoms with Gasteiger partial charge >= 0.3 is 0 Å². The molecule has 0 spiro atoms. The van der Waals surface area contributed by atoms with E-state index >= 15 is 0 Å². The van der Waals surface area contributed by atoms with E-state index in [-0.39, 0.29) is 0 Å². The second-order valence-electron chi connectivity index (χ2n) is 5.37. The largest absolute Gasteiger partial charge is 0.329 e. The molecule has 2 aromatic carbocycles. The van der Waals surface area contributed by atoms with Crippen LogP contribution in [0.1, 0.15) is 5.69 Å². The first-order valence-corrected chi connectivity index (χ1v) is 8.14. The lowest BCUT2D eigenvalue weighted by Gasteiger charge is -2.19. The number of nitrogens with zero attached hydrogens (tertiary/aromatic N) is 3. The number of nitrogens with one attached hydrogen (secondary N) is 1. The molecule has 1 heterocycles. The van der Waals surface area contributed by atoms with Crippen LogP contribution in [0.25, 0.3) is 0 Å². The smallest absolute Gasteiger partial charge is 0.229 e. The average Bonchev–Trinajstić information content (AvgIpc) is 2.53. The van der Waals surface area contributed by atoms with Gasteiger partial charge in [0.2, 0.25) is 5.95 Å². The van der Waals surface area contributed by atoms with Gasteiger partial charge in [-0.05, 0) is 37.3 Å². The van der Waals surface area contributed by atoms with Gasteiger partial charge in [-0.2, -0.15) is 4.98 Å².